The van der Waals surface area contributed by atoms with E-state index in [-0.39, 0.29) is 30.2 Å². The molecule has 224 valence electrons. The molecule has 1 fully saturated rings. The molecule has 2 atom stereocenters. The Balaban J connectivity index is 1.08. The molecule has 9 heteroatoms. The van der Waals surface area contributed by atoms with E-state index < -0.39 is 0 Å². The van der Waals surface area contributed by atoms with E-state index in [0.717, 1.165) is 70.9 Å². The number of primary amides is 1. The van der Waals surface area contributed by atoms with Crippen molar-refractivity contribution in [3.63, 3.8) is 0 Å². The van der Waals surface area contributed by atoms with E-state index >= 15 is 0 Å². The number of amides is 2. The number of aryl methyl sites for hydroxylation is 1. The normalized spacial score (nSPS) is 17.4. The molecule has 0 spiro atoms. The molecule has 2 amide bonds. The van der Waals surface area contributed by atoms with Crippen molar-refractivity contribution in [2.45, 2.75) is 50.6 Å². The Labute approximate surface area is 252 Å². The van der Waals surface area contributed by atoms with Crippen LogP contribution in [0.4, 0.5) is 5.69 Å². The van der Waals surface area contributed by atoms with Crippen LogP contribution in [0.2, 0.25) is 0 Å². The Hall–Kier alpha value is -4.37. The van der Waals surface area contributed by atoms with E-state index in [1.54, 1.807) is 0 Å². The molecule has 9 nitrogen and oxygen atoms in total. The number of carbonyl (C=O) groups excluding carboxylic acids is 2. The molecule has 1 saturated heterocycles. The number of aromatic nitrogens is 2. The standard InChI is InChI=1S/C34H40N6O3/c1-38-17-18-43-31-20-25(12-13-30(31)38)24-10-8-23(9-11-24)19-27(35)21-33(42)39-15-4-5-26(22-39)34-37-28-6-2-3-7-29(28)40(34)16-14-32(36)41/h2-3,6-13,20,26-27H,4-5,14-19,21-22,35H2,1H3,(H2,36,41). The third-order valence-electron chi connectivity index (χ3n) is 8.68. The lowest BCUT2D eigenvalue weighted by Gasteiger charge is -2.33. The molecule has 0 bridgehead atoms. The summed E-state index contributed by atoms with van der Waals surface area (Å²) in [4.78, 5) is 34.0. The van der Waals surface area contributed by atoms with Crippen molar-refractivity contribution in [1.82, 2.24) is 14.5 Å². The summed E-state index contributed by atoms with van der Waals surface area (Å²) in [7, 11) is 2.08. The quantitative estimate of drug-likeness (QED) is 0.308. The van der Waals surface area contributed by atoms with Gasteiger partial charge in [-0.3, -0.25) is 9.59 Å². The van der Waals surface area contributed by atoms with Gasteiger partial charge >= 0.3 is 0 Å². The van der Waals surface area contributed by atoms with Crippen LogP contribution in [0.1, 0.15) is 43.0 Å². The number of nitrogens with two attached hydrogens (primary N) is 2. The SMILES string of the molecule is CN1CCOc2cc(-c3ccc(CC(N)CC(=O)N4CCCC(c5nc6ccccc6n5CCC(N)=O)C4)cc3)ccc21. The summed E-state index contributed by atoms with van der Waals surface area (Å²) in [6.07, 6.45) is 3.01. The first-order chi connectivity index (χ1) is 20.9. The highest BCUT2D eigenvalue weighted by atomic mass is 16.5. The Morgan fingerprint density at radius 3 is 2.65 bits per heavy atom. The minimum absolute atomic E-state index is 0.0765. The molecular formula is C34H40N6O3. The zero-order chi connectivity index (χ0) is 29.9. The number of rotatable bonds is 9. The number of benzene rings is 3. The summed E-state index contributed by atoms with van der Waals surface area (Å²) in [5, 5.41) is 0. The summed E-state index contributed by atoms with van der Waals surface area (Å²) < 4.78 is 7.98. The average Bonchev–Trinajstić information content (AvgIpc) is 3.39. The van der Waals surface area contributed by atoms with Crippen molar-refractivity contribution in [2.24, 2.45) is 11.5 Å². The van der Waals surface area contributed by atoms with Crippen molar-refractivity contribution < 1.29 is 14.3 Å². The lowest BCUT2D eigenvalue weighted by molar-refractivity contribution is -0.132. The third-order valence-corrected chi connectivity index (χ3v) is 8.68. The van der Waals surface area contributed by atoms with E-state index in [2.05, 4.69) is 59.0 Å². The Morgan fingerprint density at radius 1 is 1.05 bits per heavy atom. The van der Waals surface area contributed by atoms with E-state index in [4.69, 9.17) is 21.2 Å². The number of hydrogen-bond donors (Lipinski definition) is 2. The first kappa shape index (κ1) is 28.7. The molecule has 3 heterocycles. The summed E-state index contributed by atoms with van der Waals surface area (Å²) in [6, 6.07) is 22.4. The molecular weight excluding hydrogens is 540 g/mol. The van der Waals surface area contributed by atoms with Gasteiger partial charge in [0.05, 0.1) is 23.3 Å². The summed E-state index contributed by atoms with van der Waals surface area (Å²) in [6.45, 7) is 3.39. The third kappa shape index (κ3) is 6.37. The van der Waals surface area contributed by atoms with Crippen LogP contribution in [0, 0.1) is 0 Å². The van der Waals surface area contributed by atoms with Crippen LogP contribution < -0.4 is 21.1 Å². The van der Waals surface area contributed by atoms with Gasteiger partial charge in [0.2, 0.25) is 11.8 Å². The topological polar surface area (TPSA) is 120 Å². The first-order valence-corrected chi connectivity index (χ1v) is 15.2. The highest BCUT2D eigenvalue weighted by molar-refractivity contribution is 5.78. The molecule has 1 aromatic heterocycles. The first-order valence-electron chi connectivity index (χ1n) is 15.2. The van der Waals surface area contributed by atoms with E-state index in [1.165, 1.54) is 0 Å². The number of piperidine rings is 1. The summed E-state index contributed by atoms with van der Waals surface area (Å²) in [5.74, 6) is 1.67. The maximum atomic E-state index is 13.4. The predicted octanol–water partition coefficient (Wildman–Crippen LogP) is 4.07. The number of nitrogens with zero attached hydrogens (tertiary/aromatic N) is 4. The second-order valence-corrected chi connectivity index (χ2v) is 11.8. The second kappa shape index (κ2) is 12.5. The highest BCUT2D eigenvalue weighted by Crippen LogP contribution is 2.35. The van der Waals surface area contributed by atoms with E-state index in [9.17, 15) is 9.59 Å². The van der Waals surface area contributed by atoms with Crippen LogP contribution in [-0.2, 0) is 22.6 Å². The predicted molar refractivity (Wildman–Crippen MR) is 169 cm³/mol. The smallest absolute Gasteiger partial charge is 0.224 e. The maximum Gasteiger partial charge on any atom is 0.224 e. The number of hydrogen-bond acceptors (Lipinski definition) is 6. The fourth-order valence-electron chi connectivity index (χ4n) is 6.38. The largest absolute Gasteiger partial charge is 0.490 e. The van der Waals surface area contributed by atoms with Crippen LogP contribution in [0.3, 0.4) is 0 Å². The van der Waals surface area contributed by atoms with Gasteiger partial charge in [0.15, 0.2) is 0 Å². The molecule has 0 radical (unpaired) electrons. The molecule has 2 aliphatic rings. The monoisotopic (exact) mass is 580 g/mol. The average molecular weight is 581 g/mol. The minimum Gasteiger partial charge on any atom is -0.490 e. The van der Waals surface area contributed by atoms with Crippen LogP contribution in [0.25, 0.3) is 22.2 Å². The van der Waals surface area contributed by atoms with Gasteiger partial charge in [0, 0.05) is 51.5 Å². The molecule has 6 rings (SSSR count). The fraction of sp³-hybridized carbons (Fsp3) is 0.382. The lowest BCUT2D eigenvalue weighted by atomic mass is 9.95. The van der Waals surface area contributed by atoms with Gasteiger partial charge < -0.3 is 30.6 Å². The molecule has 3 aromatic carbocycles. The zero-order valence-corrected chi connectivity index (χ0v) is 24.7. The molecule has 4 aromatic rings. The fourth-order valence-corrected chi connectivity index (χ4v) is 6.38. The molecule has 43 heavy (non-hydrogen) atoms. The minimum atomic E-state index is -0.339. The van der Waals surface area contributed by atoms with Gasteiger partial charge in [-0.2, -0.15) is 0 Å². The summed E-state index contributed by atoms with van der Waals surface area (Å²) >= 11 is 0. The molecule has 0 aliphatic carbocycles. The van der Waals surface area contributed by atoms with E-state index in [0.29, 0.717) is 32.5 Å². The van der Waals surface area contributed by atoms with Gasteiger partial charge in [-0.15, -0.1) is 0 Å². The van der Waals surface area contributed by atoms with Crippen molar-refractivity contribution in [2.75, 3.05) is 38.2 Å². The van der Waals surface area contributed by atoms with Gasteiger partial charge in [0.25, 0.3) is 0 Å². The molecule has 4 N–H and O–H groups in total. The van der Waals surface area contributed by atoms with Crippen molar-refractivity contribution in [1.29, 1.82) is 0 Å². The number of fused-ring (bicyclic) bond motifs is 2. The number of likely N-dealkylation sites (N-methyl/N-ethyl adjacent to an activating group) is 1. The van der Waals surface area contributed by atoms with Crippen LogP contribution in [0.5, 0.6) is 5.75 Å². The molecule has 2 aliphatic heterocycles. The van der Waals surface area contributed by atoms with Gasteiger partial charge in [-0.25, -0.2) is 4.98 Å². The Bertz CT molecular complexity index is 1610. The van der Waals surface area contributed by atoms with Crippen molar-refractivity contribution in [3.05, 3.63) is 78.1 Å². The zero-order valence-electron chi connectivity index (χ0n) is 24.7. The van der Waals surface area contributed by atoms with Crippen LogP contribution in [-0.4, -0.2) is 65.6 Å². The number of imidazole rings is 1. The number of anilines is 1. The number of likely N-dealkylation sites (tertiary alicyclic amines) is 1. The van der Waals surface area contributed by atoms with Crippen molar-refractivity contribution in [3.8, 4) is 16.9 Å². The summed E-state index contributed by atoms with van der Waals surface area (Å²) in [5.41, 5.74) is 18.3. The molecule has 0 saturated carbocycles. The van der Waals surface area contributed by atoms with Crippen LogP contribution in [0.15, 0.2) is 66.7 Å². The van der Waals surface area contributed by atoms with Gasteiger partial charge in [-0.05, 0) is 60.2 Å². The van der Waals surface area contributed by atoms with Gasteiger partial charge in [0.1, 0.15) is 18.2 Å². The molecule has 2 unspecified atom stereocenters. The van der Waals surface area contributed by atoms with Crippen LogP contribution >= 0.6 is 0 Å². The number of carbonyl (C=O) groups is 2. The van der Waals surface area contributed by atoms with Crippen molar-refractivity contribution >= 4 is 28.5 Å². The highest BCUT2D eigenvalue weighted by Gasteiger charge is 2.29. The van der Waals surface area contributed by atoms with Gasteiger partial charge in [-0.1, -0.05) is 42.5 Å². The number of ether oxygens (including phenoxy) is 1. The Kier molecular flexibility index (Phi) is 8.33. The Morgan fingerprint density at radius 2 is 1.84 bits per heavy atom. The lowest BCUT2D eigenvalue weighted by Crippen LogP contribution is -2.42. The van der Waals surface area contributed by atoms with E-state index in [1.807, 2.05) is 29.2 Å². The maximum absolute atomic E-state index is 13.4. The number of para-hydroxylation sites is 2. The second-order valence-electron chi connectivity index (χ2n) is 11.8.